The Morgan fingerprint density at radius 2 is 2.39 bits per heavy atom. The van der Waals surface area contributed by atoms with E-state index in [1.165, 1.54) is 0 Å². The normalized spacial score (nSPS) is 10.9. The molecule has 2 heterocycles. The Bertz CT molecular complexity index is 495. The van der Waals surface area contributed by atoms with Gasteiger partial charge < -0.3 is 15.1 Å². The molecule has 0 radical (unpaired) electrons. The van der Waals surface area contributed by atoms with Gasteiger partial charge in [0.25, 0.3) is 0 Å². The van der Waals surface area contributed by atoms with E-state index in [0.717, 1.165) is 16.5 Å². The van der Waals surface area contributed by atoms with E-state index in [0.29, 0.717) is 12.4 Å². The average Bonchev–Trinajstić information content (AvgIpc) is 3.01. The predicted octanol–water partition coefficient (Wildman–Crippen LogP) is 2.32. The maximum Gasteiger partial charge on any atom is 0.236 e. The monoisotopic (exact) mass is 378 g/mol. The van der Waals surface area contributed by atoms with Crippen LogP contribution in [-0.4, -0.2) is 25.0 Å². The third-order valence-electron chi connectivity index (χ3n) is 2.18. The van der Waals surface area contributed by atoms with Crippen LogP contribution in [0.3, 0.4) is 0 Å². The molecule has 0 aromatic carbocycles. The van der Waals surface area contributed by atoms with Crippen molar-refractivity contribution < 1.29 is 4.42 Å². The van der Waals surface area contributed by atoms with Crippen LogP contribution in [-0.2, 0) is 6.54 Å². The molecular weight excluding hydrogens is 363 g/mol. The quantitative estimate of drug-likeness (QED) is 0.489. The molecule has 0 unspecified atom stereocenters. The summed E-state index contributed by atoms with van der Waals surface area (Å²) in [4.78, 5) is 9.44. The summed E-state index contributed by atoms with van der Waals surface area (Å²) in [5, 5.41) is 8.05. The van der Waals surface area contributed by atoms with Crippen molar-refractivity contribution in [2.45, 2.75) is 6.54 Å². The molecule has 2 N–H and O–H groups in total. The van der Waals surface area contributed by atoms with E-state index in [9.17, 15) is 0 Å². The second kappa shape index (κ2) is 7.37. The predicted molar refractivity (Wildman–Crippen MR) is 84.5 cm³/mol. The van der Waals surface area contributed by atoms with Crippen LogP contribution < -0.4 is 10.6 Å². The van der Waals surface area contributed by atoms with E-state index in [2.05, 4.69) is 20.6 Å². The summed E-state index contributed by atoms with van der Waals surface area (Å²) in [5.74, 6) is 1.39. The zero-order valence-electron chi connectivity index (χ0n) is 10.1. The molecule has 0 aliphatic heterocycles. The second-order valence-electron chi connectivity index (χ2n) is 3.30. The number of rotatable bonds is 3. The highest BCUT2D eigenvalue weighted by Gasteiger charge is 2.07. The fraction of sp³-hybridized carbons (Fsp3) is 0.273. The summed E-state index contributed by atoms with van der Waals surface area (Å²) in [6.07, 6.45) is 1.66. The Labute approximate surface area is 127 Å². The molecular formula is C11H15IN4OS. The van der Waals surface area contributed by atoms with Gasteiger partial charge in [-0.25, -0.2) is 4.98 Å². The van der Waals surface area contributed by atoms with E-state index in [-0.39, 0.29) is 24.0 Å². The van der Waals surface area contributed by atoms with Crippen molar-refractivity contribution in [2.24, 2.45) is 4.99 Å². The summed E-state index contributed by atoms with van der Waals surface area (Å²) in [5.41, 5.74) is 0.852. The van der Waals surface area contributed by atoms with Crippen LogP contribution in [0.5, 0.6) is 0 Å². The molecule has 0 saturated heterocycles. The largest absolute Gasteiger partial charge is 0.443 e. The number of guanidine groups is 1. The molecule has 2 aromatic rings. The SMILES string of the molecule is CN=C(NC)NCc1coc(-c2cccs2)n1.I. The molecule has 98 valence electrons. The van der Waals surface area contributed by atoms with Crippen LogP contribution >= 0.6 is 35.3 Å². The summed E-state index contributed by atoms with van der Waals surface area (Å²) < 4.78 is 5.41. The molecule has 5 nitrogen and oxygen atoms in total. The molecule has 18 heavy (non-hydrogen) atoms. The summed E-state index contributed by atoms with van der Waals surface area (Å²) >= 11 is 1.61. The van der Waals surface area contributed by atoms with E-state index >= 15 is 0 Å². The first-order valence-electron chi connectivity index (χ1n) is 5.20. The van der Waals surface area contributed by atoms with E-state index in [4.69, 9.17) is 4.42 Å². The molecule has 0 spiro atoms. The van der Waals surface area contributed by atoms with Gasteiger partial charge in [0.05, 0.1) is 17.1 Å². The first kappa shape index (κ1) is 15.0. The highest BCUT2D eigenvalue weighted by Crippen LogP contribution is 2.23. The van der Waals surface area contributed by atoms with Crippen LogP contribution in [0.25, 0.3) is 10.8 Å². The lowest BCUT2D eigenvalue weighted by Crippen LogP contribution is -2.34. The minimum Gasteiger partial charge on any atom is -0.443 e. The van der Waals surface area contributed by atoms with Gasteiger partial charge in [-0.1, -0.05) is 6.07 Å². The number of thiophene rings is 1. The van der Waals surface area contributed by atoms with E-state index in [1.807, 2.05) is 24.6 Å². The summed E-state index contributed by atoms with van der Waals surface area (Å²) in [6.45, 7) is 0.586. The van der Waals surface area contributed by atoms with Crippen molar-refractivity contribution in [3.8, 4) is 10.8 Å². The van der Waals surface area contributed by atoms with Crippen molar-refractivity contribution in [1.29, 1.82) is 0 Å². The molecule has 0 fully saturated rings. The first-order chi connectivity index (χ1) is 8.33. The molecule has 0 saturated carbocycles. The maximum atomic E-state index is 5.41. The summed E-state index contributed by atoms with van der Waals surface area (Å²) in [6, 6.07) is 3.96. The molecule has 2 rings (SSSR count). The van der Waals surface area contributed by atoms with Crippen molar-refractivity contribution in [3.05, 3.63) is 29.5 Å². The van der Waals surface area contributed by atoms with Crippen LogP contribution in [0.1, 0.15) is 5.69 Å². The lowest BCUT2D eigenvalue weighted by atomic mass is 10.4. The van der Waals surface area contributed by atoms with Gasteiger partial charge in [-0.15, -0.1) is 35.3 Å². The molecule has 0 amide bonds. The molecule has 0 bridgehead atoms. The molecule has 2 aromatic heterocycles. The number of aliphatic imine (C=N–C) groups is 1. The number of nitrogens with one attached hydrogen (secondary N) is 2. The van der Waals surface area contributed by atoms with Crippen molar-refractivity contribution in [1.82, 2.24) is 15.6 Å². The zero-order chi connectivity index (χ0) is 12.1. The lowest BCUT2D eigenvalue weighted by molar-refractivity contribution is 0.573. The number of hydrogen-bond acceptors (Lipinski definition) is 4. The van der Waals surface area contributed by atoms with Gasteiger partial charge in [0.15, 0.2) is 5.96 Å². The smallest absolute Gasteiger partial charge is 0.236 e. The Hall–Kier alpha value is -1.09. The van der Waals surface area contributed by atoms with Gasteiger partial charge in [-0.2, -0.15) is 0 Å². The minimum absolute atomic E-state index is 0. The number of aromatic nitrogens is 1. The highest BCUT2D eigenvalue weighted by atomic mass is 127. The Morgan fingerprint density at radius 3 is 3.00 bits per heavy atom. The van der Waals surface area contributed by atoms with Crippen molar-refractivity contribution >= 4 is 41.3 Å². The number of nitrogens with zero attached hydrogens (tertiary/aromatic N) is 2. The van der Waals surface area contributed by atoms with Crippen molar-refractivity contribution in [3.63, 3.8) is 0 Å². The zero-order valence-corrected chi connectivity index (χ0v) is 13.3. The Balaban J connectivity index is 0.00000162. The Morgan fingerprint density at radius 1 is 1.56 bits per heavy atom. The molecule has 0 atom stereocenters. The fourth-order valence-electron chi connectivity index (χ4n) is 1.36. The molecule has 0 aliphatic carbocycles. The highest BCUT2D eigenvalue weighted by molar-refractivity contribution is 14.0. The van der Waals surface area contributed by atoms with Crippen molar-refractivity contribution in [2.75, 3.05) is 14.1 Å². The van der Waals surface area contributed by atoms with Gasteiger partial charge in [0.1, 0.15) is 6.26 Å². The third kappa shape index (κ3) is 3.70. The van der Waals surface area contributed by atoms with Gasteiger partial charge >= 0.3 is 0 Å². The van der Waals surface area contributed by atoms with Gasteiger partial charge in [-0.05, 0) is 11.4 Å². The van der Waals surface area contributed by atoms with E-state index < -0.39 is 0 Å². The van der Waals surface area contributed by atoms with Crippen LogP contribution in [0.4, 0.5) is 0 Å². The number of halogens is 1. The molecule has 7 heteroatoms. The van der Waals surface area contributed by atoms with Gasteiger partial charge in [0, 0.05) is 14.1 Å². The topological polar surface area (TPSA) is 62.5 Å². The molecule has 0 aliphatic rings. The number of hydrogen-bond donors (Lipinski definition) is 2. The Kier molecular flexibility index (Phi) is 6.13. The fourth-order valence-corrected chi connectivity index (χ4v) is 2.01. The van der Waals surface area contributed by atoms with Crippen LogP contribution in [0.2, 0.25) is 0 Å². The third-order valence-corrected chi connectivity index (χ3v) is 3.04. The standard InChI is InChI=1S/C11H14N4OS.HI/c1-12-11(13-2)14-6-8-7-16-10(15-8)9-4-3-5-17-9;/h3-5,7H,6H2,1-2H3,(H2,12,13,14);1H. The van der Waals surface area contributed by atoms with Crippen LogP contribution in [0, 0.1) is 0 Å². The van der Waals surface area contributed by atoms with Gasteiger partial charge in [-0.3, -0.25) is 4.99 Å². The average molecular weight is 378 g/mol. The maximum absolute atomic E-state index is 5.41. The summed E-state index contributed by atoms with van der Waals surface area (Å²) in [7, 11) is 3.54. The minimum atomic E-state index is 0. The van der Waals surface area contributed by atoms with E-state index in [1.54, 1.807) is 24.6 Å². The first-order valence-corrected chi connectivity index (χ1v) is 6.08. The van der Waals surface area contributed by atoms with Gasteiger partial charge in [0.2, 0.25) is 5.89 Å². The van der Waals surface area contributed by atoms with Crippen LogP contribution in [0.15, 0.2) is 33.2 Å². The lowest BCUT2D eigenvalue weighted by Gasteiger charge is -2.05. The second-order valence-corrected chi connectivity index (χ2v) is 4.24. The number of oxazole rings is 1.